The van der Waals surface area contributed by atoms with Gasteiger partial charge in [-0.25, -0.2) is 0 Å². The Hall–Kier alpha value is -0.790. The molecule has 0 aromatic carbocycles. The minimum Gasteiger partial charge on any atom is -0.269 e. The first-order chi connectivity index (χ1) is 5.81. The molecule has 0 aliphatic rings. The van der Waals surface area contributed by atoms with Crippen LogP contribution >= 0.6 is 0 Å². The predicted molar refractivity (Wildman–Crippen MR) is 51.2 cm³/mol. The van der Waals surface area contributed by atoms with Crippen molar-refractivity contribution in [3.8, 4) is 0 Å². The van der Waals surface area contributed by atoms with Crippen molar-refractivity contribution in [3.05, 3.63) is 18.0 Å². The molecule has 0 aliphatic heterocycles. The molecule has 1 aromatic heterocycles. The molecule has 0 atom stereocenters. The van der Waals surface area contributed by atoms with Crippen molar-refractivity contribution < 1.29 is 0 Å². The minimum atomic E-state index is 0.588. The van der Waals surface area contributed by atoms with Gasteiger partial charge in [0.05, 0.1) is 11.7 Å². The zero-order valence-electron chi connectivity index (χ0n) is 8.25. The summed E-state index contributed by atoms with van der Waals surface area (Å²) < 4.78 is 2.10. The Morgan fingerprint density at radius 2 is 2.00 bits per heavy atom. The fourth-order valence-corrected chi connectivity index (χ4v) is 1.43. The lowest BCUT2D eigenvalue weighted by atomic mass is 10.2. The van der Waals surface area contributed by atoms with E-state index in [0.29, 0.717) is 6.04 Å². The summed E-state index contributed by atoms with van der Waals surface area (Å²) in [6, 6.07) is 2.70. The van der Waals surface area contributed by atoms with E-state index in [-0.39, 0.29) is 0 Å². The second-order valence-electron chi connectivity index (χ2n) is 3.11. The van der Waals surface area contributed by atoms with Crippen LogP contribution in [0.25, 0.3) is 0 Å². The van der Waals surface area contributed by atoms with E-state index >= 15 is 0 Å². The zero-order chi connectivity index (χ0) is 8.97. The predicted octanol–water partition coefficient (Wildman–Crippen LogP) is 2.81. The summed E-state index contributed by atoms with van der Waals surface area (Å²) in [5.74, 6) is 0. The van der Waals surface area contributed by atoms with Crippen LogP contribution < -0.4 is 0 Å². The molecule has 0 bridgehead atoms. The summed E-state index contributed by atoms with van der Waals surface area (Å²) in [5.41, 5.74) is 1.20. The van der Waals surface area contributed by atoms with Crippen LogP contribution in [-0.4, -0.2) is 9.78 Å². The highest BCUT2D eigenvalue weighted by Gasteiger charge is 2.06. The molecule has 2 heteroatoms. The first kappa shape index (κ1) is 9.30. The fraction of sp³-hybridized carbons (Fsp3) is 0.700. The Morgan fingerprint density at radius 3 is 2.42 bits per heavy atom. The molecule has 12 heavy (non-hydrogen) atoms. The molecule has 0 aliphatic carbocycles. The third kappa shape index (κ3) is 1.87. The van der Waals surface area contributed by atoms with Gasteiger partial charge in [0.2, 0.25) is 0 Å². The molecule has 0 amide bonds. The Kier molecular flexibility index (Phi) is 3.32. The van der Waals surface area contributed by atoms with Gasteiger partial charge in [-0.2, -0.15) is 5.10 Å². The fourth-order valence-electron chi connectivity index (χ4n) is 1.43. The molecule has 0 spiro atoms. The van der Waals surface area contributed by atoms with Crippen LogP contribution in [-0.2, 0) is 6.42 Å². The number of aryl methyl sites for hydroxylation is 1. The number of aromatic nitrogens is 2. The van der Waals surface area contributed by atoms with E-state index in [9.17, 15) is 0 Å². The summed E-state index contributed by atoms with van der Waals surface area (Å²) >= 11 is 0. The van der Waals surface area contributed by atoms with Gasteiger partial charge in [0.25, 0.3) is 0 Å². The van der Waals surface area contributed by atoms with Gasteiger partial charge in [-0.1, -0.05) is 20.8 Å². The Bertz CT molecular complexity index is 223. The van der Waals surface area contributed by atoms with Gasteiger partial charge in [0.1, 0.15) is 0 Å². The van der Waals surface area contributed by atoms with Gasteiger partial charge < -0.3 is 0 Å². The van der Waals surface area contributed by atoms with Crippen LogP contribution in [0.4, 0.5) is 0 Å². The summed E-state index contributed by atoms with van der Waals surface area (Å²) in [6.07, 6.45) is 5.46. The molecule has 0 saturated carbocycles. The molecule has 0 fully saturated rings. The van der Waals surface area contributed by atoms with E-state index in [0.717, 1.165) is 6.42 Å². The monoisotopic (exact) mass is 166 g/mol. The maximum Gasteiger partial charge on any atom is 0.0621 e. The average Bonchev–Trinajstić information content (AvgIpc) is 2.55. The lowest BCUT2D eigenvalue weighted by molar-refractivity contribution is 0.426. The van der Waals surface area contributed by atoms with Crippen molar-refractivity contribution in [2.45, 2.75) is 46.1 Å². The third-order valence-electron chi connectivity index (χ3n) is 2.34. The van der Waals surface area contributed by atoms with E-state index < -0.39 is 0 Å². The second-order valence-corrected chi connectivity index (χ2v) is 3.11. The van der Waals surface area contributed by atoms with E-state index in [1.54, 1.807) is 0 Å². The molecule has 1 heterocycles. The molecule has 2 nitrogen and oxygen atoms in total. The first-order valence-electron chi connectivity index (χ1n) is 4.85. The molecule has 0 unspecified atom stereocenters. The van der Waals surface area contributed by atoms with Crippen LogP contribution in [0.1, 0.15) is 45.3 Å². The van der Waals surface area contributed by atoms with Gasteiger partial charge in [0, 0.05) is 6.20 Å². The van der Waals surface area contributed by atoms with Gasteiger partial charge in [-0.3, -0.25) is 4.68 Å². The number of nitrogens with zero attached hydrogens (tertiary/aromatic N) is 2. The zero-order valence-corrected chi connectivity index (χ0v) is 8.25. The molecule has 0 radical (unpaired) electrons. The normalized spacial score (nSPS) is 11.0. The van der Waals surface area contributed by atoms with Crippen LogP contribution in [0.3, 0.4) is 0 Å². The Balaban J connectivity index is 2.72. The summed E-state index contributed by atoms with van der Waals surface area (Å²) in [5, 5.41) is 4.49. The Labute approximate surface area is 74.6 Å². The van der Waals surface area contributed by atoms with Gasteiger partial charge in [-0.05, 0) is 25.3 Å². The largest absolute Gasteiger partial charge is 0.269 e. The number of rotatable bonds is 4. The average molecular weight is 166 g/mol. The third-order valence-corrected chi connectivity index (χ3v) is 2.34. The molecule has 0 saturated heterocycles. The maximum absolute atomic E-state index is 4.49. The van der Waals surface area contributed by atoms with Crippen molar-refractivity contribution in [2.24, 2.45) is 0 Å². The summed E-state index contributed by atoms with van der Waals surface area (Å²) in [4.78, 5) is 0. The van der Waals surface area contributed by atoms with Crippen molar-refractivity contribution >= 4 is 0 Å². The van der Waals surface area contributed by atoms with Crippen LogP contribution in [0.5, 0.6) is 0 Å². The van der Waals surface area contributed by atoms with Gasteiger partial charge in [-0.15, -0.1) is 0 Å². The quantitative estimate of drug-likeness (QED) is 0.672. The van der Waals surface area contributed by atoms with E-state index in [1.807, 2.05) is 0 Å². The maximum atomic E-state index is 4.49. The molecular weight excluding hydrogens is 148 g/mol. The first-order valence-corrected chi connectivity index (χ1v) is 4.85. The van der Waals surface area contributed by atoms with Crippen molar-refractivity contribution in [1.29, 1.82) is 0 Å². The molecule has 0 N–H and O–H groups in total. The van der Waals surface area contributed by atoms with Crippen molar-refractivity contribution in [2.75, 3.05) is 0 Å². The standard InChI is InChI=1S/C10H18N2/c1-4-9-7-8-12(11-9)10(5-2)6-3/h7-8,10H,4-6H2,1-3H3. The Morgan fingerprint density at radius 1 is 1.33 bits per heavy atom. The highest BCUT2D eigenvalue weighted by atomic mass is 15.3. The van der Waals surface area contributed by atoms with Crippen LogP contribution in [0.15, 0.2) is 12.3 Å². The lowest BCUT2D eigenvalue weighted by Crippen LogP contribution is -2.07. The van der Waals surface area contributed by atoms with Crippen LogP contribution in [0, 0.1) is 0 Å². The van der Waals surface area contributed by atoms with Crippen molar-refractivity contribution in [1.82, 2.24) is 9.78 Å². The smallest absolute Gasteiger partial charge is 0.0621 e. The number of hydrogen-bond acceptors (Lipinski definition) is 1. The number of hydrogen-bond donors (Lipinski definition) is 0. The summed E-state index contributed by atoms with van der Waals surface area (Å²) in [6.45, 7) is 6.56. The molecule has 1 rings (SSSR count). The second kappa shape index (κ2) is 4.29. The lowest BCUT2D eigenvalue weighted by Gasteiger charge is -2.12. The van der Waals surface area contributed by atoms with E-state index in [1.165, 1.54) is 18.5 Å². The van der Waals surface area contributed by atoms with Gasteiger partial charge in [0.15, 0.2) is 0 Å². The molecule has 1 aromatic rings. The minimum absolute atomic E-state index is 0.588. The van der Waals surface area contributed by atoms with Crippen LogP contribution in [0.2, 0.25) is 0 Å². The SMILES string of the molecule is CCc1ccn(C(CC)CC)n1. The van der Waals surface area contributed by atoms with E-state index in [2.05, 4.69) is 42.8 Å². The molecular formula is C10H18N2. The highest BCUT2D eigenvalue weighted by Crippen LogP contribution is 2.14. The van der Waals surface area contributed by atoms with E-state index in [4.69, 9.17) is 0 Å². The summed E-state index contributed by atoms with van der Waals surface area (Å²) in [7, 11) is 0. The molecule has 68 valence electrons. The highest BCUT2D eigenvalue weighted by molar-refractivity contribution is 4.98. The van der Waals surface area contributed by atoms with Crippen molar-refractivity contribution in [3.63, 3.8) is 0 Å². The topological polar surface area (TPSA) is 17.8 Å². The van der Waals surface area contributed by atoms with Gasteiger partial charge >= 0.3 is 0 Å².